The molecule has 2 aromatic rings. The van der Waals surface area contributed by atoms with E-state index in [1.807, 2.05) is 37.3 Å². The van der Waals surface area contributed by atoms with Crippen LogP contribution in [0.25, 0.3) is 0 Å². The first kappa shape index (κ1) is 13.3. The minimum atomic E-state index is -3.35. The van der Waals surface area contributed by atoms with Gasteiger partial charge in [0.15, 0.2) is 9.84 Å². The molecule has 0 radical (unpaired) electrons. The molecule has 0 spiro atoms. The Labute approximate surface area is 119 Å². The van der Waals surface area contributed by atoms with Crippen LogP contribution in [0.2, 0.25) is 0 Å². The third-order valence-corrected chi connectivity index (χ3v) is 6.15. The zero-order chi connectivity index (χ0) is 14.3. The summed E-state index contributed by atoms with van der Waals surface area (Å²) in [5, 5.41) is -0.507. The van der Waals surface area contributed by atoms with E-state index >= 15 is 0 Å². The summed E-state index contributed by atoms with van der Waals surface area (Å²) in [5.41, 5.74) is 8.19. The molecule has 0 amide bonds. The number of aryl methyl sites for hydroxylation is 1. The normalized spacial score (nSPS) is 25.4. The molecule has 3 rings (SSSR count). The molecule has 0 aromatic heterocycles. The molecule has 4 heteroatoms. The van der Waals surface area contributed by atoms with Gasteiger partial charge in [0.2, 0.25) is 0 Å². The molecule has 2 N–H and O–H groups in total. The smallest absolute Gasteiger partial charge is 0.183 e. The summed E-state index contributed by atoms with van der Waals surface area (Å²) in [5.74, 6) is -0.0965. The summed E-state index contributed by atoms with van der Waals surface area (Å²) in [4.78, 5) is 0.357. The van der Waals surface area contributed by atoms with Gasteiger partial charge in [-0.05, 0) is 24.6 Å². The Morgan fingerprint density at radius 3 is 2.15 bits per heavy atom. The third-order valence-electron chi connectivity index (χ3n) is 3.90. The Hall–Kier alpha value is -1.65. The Morgan fingerprint density at radius 2 is 1.55 bits per heavy atom. The summed E-state index contributed by atoms with van der Waals surface area (Å²) in [7, 11) is -3.35. The average Bonchev–Trinajstić information content (AvgIpc) is 3.13. The molecule has 0 unspecified atom stereocenters. The van der Waals surface area contributed by atoms with Crippen LogP contribution in [0.5, 0.6) is 0 Å². The maximum atomic E-state index is 12.6. The summed E-state index contributed by atoms with van der Waals surface area (Å²) in [6.45, 7) is 2.01. The van der Waals surface area contributed by atoms with Gasteiger partial charge in [-0.1, -0.05) is 48.0 Å². The lowest BCUT2D eigenvalue weighted by Gasteiger charge is -2.04. The second kappa shape index (κ2) is 4.72. The Morgan fingerprint density at radius 1 is 0.950 bits per heavy atom. The molecule has 3 nitrogen and oxygen atoms in total. The molecule has 104 valence electrons. The maximum Gasteiger partial charge on any atom is 0.183 e. The summed E-state index contributed by atoms with van der Waals surface area (Å²) in [6.07, 6.45) is 0. The molecule has 1 aliphatic carbocycles. The van der Waals surface area contributed by atoms with Crippen LogP contribution < -0.4 is 5.73 Å². The molecule has 1 aliphatic rings. The van der Waals surface area contributed by atoms with Gasteiger partial charge in [-0.15, -0.1) is 0 Å². The van der Waals surface area contributed by atoms with Crippen LogP contribution in [-0.4, -0.2) is 19.7 Å². The van der Waals surface area contributed by atoms with Crippen LogP contribution in [0.1, 0.15) is 17.0 Å². The number of rotatable bonds is 3. The fourth-order valence-electron chi connectivity index (χ4n) is 2.67. The quantitative estimate of drug-likeness (QED) is 0.942. The Bertz CT molecular complexity index is 708. The Kier molecular flexibility index (Phi) is 3.15. The lowest BCUT2D eigenvalue weighted by Crippen LogP contribution is -2.15. The van der Waals surface area contributed by atoms with E-state index in [0.29, 0.717) is 4.90 Å². The van der Waals surface area contributed by atoms with E-state index in [-0.39, 0.29) is 12.0 Å². The van der Waals surface area contributed by atoms with Crippen molar-refractivity contribution in [2.45, 2.75) is 29.0 Å². The van der Waals surface area contributed by atoms with E-state index in [1.165, 1.54) is 0 Å². The van der Waals surface area contributed by atoms with Crippen molar-refractivity contribution in [2.24, 2.45) is 5.73 Å². The predicted octanol–water partition coefficient (Wildman–Crippen LogP) is 2.26. The summed E-state index contributed by atoms with van der Waals surface area (Å²) in [6, 6.07) is 16.2. The predicted molar refractivity (Wildman–Crippen MR) is 79.3 cm³/mol. The maximum absolute atomic E-state index is 12.6. The van der Waals surface area contributed by atoms with Crippen LogP contribution in [0.3, 0.4) is 0 Å². The van der Waals surface area contributed by atoms with Crippen molar-refractivity contribution in [1.29, 1.82) is 0 Å². The highest BCUT2D eigenvalue weighted by atomic mass is 32.2. The minimum Gasteiger partial charge on any atom is -0.326 e. The number of hydrogen-bond donors (Lipinski definition) is 1. The standard InChI is InChI=1S/C16H17NO2S/c1-11-7-9-12(10-8-11)14-15(17)16(14)20(18,19)13-5-3-2-4-6-13/h2-10,14-16H,17H2,1H3/t14-,15+,16-/m1/s1. The largest absolute Gasteiger partial charge is 0.326 e. The molecule has 3 atom stereocenters. The summed E-state index contributed by atoms with van der Waals surface area (Å²) < 4.78 is 25.2. The number of nitrogens with two attached hydrogens (primary N) is 1. The average molecular weight is 287 g/mol. The zero-order valence-corrected chi connectivity index (χ0v) is 12.0. The van der Waals surface area contributed by atoms with Crippen LogP contribution >= 0.6 is 0 Å². The second-order valence-electron chi connectivity index (χ2n) is 5.34. The van der Waals surface area contributed by atoms with Gasteiger partial charge in [0.1, 0.15) is 0 Å². The van der Waals surface area contributed by atoms with Crippen LogP contribution in [0.15, 0.2) is 59.5 Å². The van der Waals surface area contributed by atoms with E-state index in [9.17, 15) is 8.42 Å². The van der Waals surface area contributed by atoms with Crippen molar-refractivity contribution in [2.75, 3.05) is 0 Å². The number of sulfone groups is 1. The van der Waals surface area contributed by atoms with E-state index in [4.69, 9.17) is 5.73 Å². The van der Waals surface area contributed by atoms with Crippen LogP contribution in [0.4, 0.5) is 0 Å². The third kappa shape index (κ3) is 2.15. The monoisotopic (exact) mass is 287 g/mol. The van der Waals surface area contributed by atoms with Gasteiger partial charge in [-0.25, -0.2) is 8.42 Å². The first-order chi connectivity index (χ1) is 9.51. The molecule has 0 bridgehead atoms. The van der Waals surface area contributed by atoms with Crippen molar-refractivity contribution in [3.05, 3.63) is 65.7 Å². The van der Waals surface area contributed by atoms with Gasteiger partial charge >= 0.3 is 0 Å². The highest BCUT2D eigenvalue weighted by Gasteiger charge is 2.56. The van der Waals surface area contributed by atoms with Crippen molar-refractivity contribution >= 4 is 9.84 Å². The minimum absolute atomic E-state index is 0.0965. The second-order valence-corrected chi connectivity index (χ2v) is 7.44. The van der Waals surface area contributed by atoms with E-state index in [0.717, 1.165) is 11.1 Å². The molecule has 2 aromatic carbocycles. The topological polar surface area (TPSA) is 60.2 Å². The molecular formula is C16H17NO2S. The fraction of sp³-hybridized carbons (Fsp3) is 0.250. The highest BCUT2D eigenvalue weighted by Crippen LogP contribution is 2.46. The van der Waals surface area contributed by atoms with Crippen molar-refractivity contribution in [3.63, 3.8) is 0 Å². The van der Waals surface area contributed by atoms with Crippen molar-refractivity contribution in [3.8, 4) is 0 Å². The number of benzene rings is 2. The molecule has 1 saturated carbocycles. The molecule has 20 heavy (non-hydrogen) atoms. The first-order valence-corrected chi connectivity index (χ1v) is 8.17. The fourth-order valence-corrected chi connectivity index (χ4v) is 4.74. The van der Waals surface area contributed by atoms with Gasteiger partial charge in [0.05, 0.1) is 10.1 Å². The van der Waals surface area contributed by atoms with Gasteiger partial charge in [0.25, 0.3) is 0 Å². The number of hydrogen-bond acceptors (Lipinski definition) is 3. The Balaban J connectivity index is 1.91. The van der Waals surface area contributed by atoms with Crippen LogP contribution in [0, 0.1) is 6.92 Å². The summed E-state index contributed by atoms with van der Waals surface area (Å²) >= 11 is 0. The molecule has 0 saturated heterocycles. The molecule has 1 fully saturated rings. The lowest BCUT2D eigenvalue weighted by atomic mass is 10.1. The zero-order valence-electron chi connectivity index (χ0n) is 11.2. The van der Waals surface area contributed by atoms with E-state index in [2.05, 4.69) is 0 Å². The molecule has 0 heterocycles. The molecule has 0 aliphatic heterocycles. The van der Waals surface area contributed by atoms with Gasteiger partial charge in [0, 0.05) is 12.0 Å². The van der Waals surface area contributed by atoms with Gasteiger partial charge in [-0.3, -0.25) is 0 Å². The molecular weight excluding hydrogens is 270 g/mol. The highest BCUT2D eigenvalue weighted by molar-refractivity contribution is 7.92. The van der Waals surface area contributed by atoms with E-state index in [1.54, 1.807) is 24.3 Å². The SMILES string of the molecule is Cc1ccc([C@@H]2[C@H](N)[C@@H]2S(=O)(=O)c2ccccc2)cc1. The van der Waals surface area contributed by atoms with Crippen LogP contribution in [-0.2, 0) is 9.84 Å². The van der Waals surface area contributed by atoms with E-state index < -0.39 is 15.1 Å². The van der Waals surface area contributed by atoms with Gasteiger partial charge < -0.3 is 5.73 Å². The van der Waals surface area contributed by atoms with Crippen molar-refractivity contribution in [1.82, 2.24) is 0 Å². The first-order valence-electron chi connectivity index (χ1n) is 6.63. The lowest BCUT2D eigenvalue weighted by molar-refractivity contribution is 0.593. The van der Waals surface area contributed by atoms with Gasteiger partial charge in [-0.2, -0.15) is 0 Å². The van der Waals surface area contributed by atoms with Crippen molar-refractivity contribution < 1.29 is 8.42 Å².